The molecule has 0 aliphatic heterocycles. The molecule has 25 heavy (non-hydrogen) atoms. The first-order valence-corrected chi connectivity index (χ1v) is 10.2. The first kappa shape index (κ1) is 18.2. The Balaban J connectivity index is 1.76. The largest absolute Gasteiger partial charge is 0.383 e. The fourth-order valence-corrected chi connectivity index (χ4v) is 4.95. The molecule has 0 fully saturated rings. The summed E-state index contributed by atoms with van der Waals surface area (Å²) in [7, 11) is 0. The molecule has 1 heterocycles. The van der Waals surface area contributed by atoms with Crippen LogP contribution in [-0.4, -0.2) is 15.8 Å². The summed E-state index contributed by atoms with van der Waals surface area (Å²) in [5.74, 6) is 0.601. The summed E-state index contributed by atoms with van der Waals surface area (Å²) in [5, 5.41) is 11.4. The highest BCUT2D eigenvalue weighted by Gasteiger charge is 2.42. The lowest BCUT2D eigenvalue weighted by Crippen LogP contribution is -2.41. The third-order valence-electron chi connectivity index (χ3n) is 4.49. The molecule has 0 aliphatic carbocycles. The van der Waals surface area contributed by atoms with E-state index in [9.17, 15) is 5.11 Å². The van der Waals surface area contributed by atoms with Crippen LogP contribution in [0.25, 0.3) is 11.1 Å². The van der Waals surface area contributed by atoms with Crippen LogP contribution in [0.5, 0.6) is 0 Å². The molecule has 4 heteroatoms. The number of nitrogens with zero attached hydrogens (tertiary/aromatic N) is 1. The van der Waals surface area contributed by atoms with Crippen molar-refractivity contribution in [1.29, 1.82) is 0 Å². The lowest BCUT2D eigenvalue weighted by Gasteiger charge is -2.39. The number of thiazole rings is 1. The summed E-state index contributed by atoms with van der Waals surface area (Å²) in [6, 6.07) is 18.9. The fraction of sp³-hybridized carbons (Fsp3) is 0.286. The average Bonchev–Trinajstić information content (AvgIpc) is 3.15. The molecule has 0 aliphatic rings. The van der Waals surface area contributed by atoms with Crippen LogP contribution in [0.2, 0.25) is 0 Å². The third-order valence-corrected chi connectivity index (χ3v) is 6.58. The van der Waals surface area contributed by atoms with E-state index in [-0.39, 0.29) is 5.41 Å². The van der Waals surface area contributed by atoms with Crippen LogP contribution in [0.3, 0.4) is 0 Å². The van der Waals surface area contributed by atoms with E-state index in [1.807, 2.05) is 6.07 Å². The van der Waals surface area contributed by atoms with Gasteiger partial charge in [0.25, 0.3) is 0 Å². The highest BCUT2D eigenvalue weighted by atomic mass is 32.2. The second kappa shape index (κ2) is 7.32. The fourth-order valence-electron chi connectivity index (χ4n) is 2.64. The Bertz CT molecular complexity index is 792. The molecular formula is C21H23NOS2. The smallest absolute Gasteiger partial charge is 0.114 e. The van der Waals surface area contributed by atoms with Gasteiger partial charge in [0, 0.05) is 16.8 Å². The minimum absolute atomic E-state index is 0.267. The molecule has 0 radical (unpaired) electrons. The topological polar surface area (TPSA) is 33.1 Å². The summed E-state index contributed by atoms with van der Waals surface area (Å²) in [5.41, 5.74) is 3.03. The van der Waals surface area contributed by atoms with Gasteiger partial charge in [-0.2, -0.15) is 0 Å². The number of hydrogen-bond acceptors (Lipinski definition) is 4. The van der Waals surface area contributed by atoms with E-state index in [0.717, 1.165) is 9.77 Å². The lowest BCUT2D eigenvalue weighted by atomic mass is 9.77. The van der Waals surface area contributed by atoms with Gasteiger partial charge in [-0.25, -0.2) is 0 Å². The first-order chi connectivity index (χ1) is 11.9. The Hall–Kier alpha value is -1.62. The molecule has 1 aromatic heterocycles. The molecule has 0 saturated carbocycles. The zero-order valence-corrected chi connectivity index (χ0v) is 16.4. The Kier molecular flexibility index (Phi) is 5.32. The van der Waals surface area contributed by atoms with E-state index in [4.69, 9.17) is 0 Å². The minimum Gasteiger partial charge on any atom is -0.383 e. The lowest BCUT2D eigenvalue weighted by molar-refractivity contribution is -0.0392. The van der Waals surface area contributed by atoms with E-state index in [1.54, 1.807) is 23.5 Å². The van der Waals surface area contributed by atoms with Gasteiger partial charge in [0.15, 0.2) is 0 Å². The summed E-state index contributed by atoms with van der Waals surface area (Å²) < 4.78 is 0. The highest BCUT2D eigenvalue weighted by Crippen LogP contribution is 2.44. The quantitative estimate of drug-likeness (QED) is 0.574. The Morgan fingerprint density at radius 1 is 0.960 bits per heavy atom. The van der Waals surface area contributed by atoms with Crippen LogP contribution in [-0.2, 0) is 5.60 Å². The van der Waals surface area contributed by atoms with Crippen LogP contribution in [0.1, 0.15) is 25.6 Å². The van der Waals surface area contributed by atoms with Crippen molar-refractivity contribution >= 4 is 23.1 Å². The number of aromatic nitrogens is 1. The van der Waals surface area contributed by atoms with E-state index < -0.39 is 5.60 Å². The van der Waals surface area contributed by atoms with Gasteiger partial charge in [-0.1, -0.05) is 63.2 Å². The van der Waals surface area contributed by atoms with Crippen LogP contribution in [0.15, 0.2) is 71.2 Å². The predicted molar refractivity (Wildman–Crippen MR) is 108 cm³/mol. The van der Waals surface area contributed by atoms with E-state index >= 15 is 0 Å². The summed E-state index contributed by atoms with van der Waals surface area (Å²) in [6.45, 7) is 6.23. The molecule has 1 unspecified atom stereocenters. The molecule has 130 valence electrons. The zero-order chi connectivity index (χ0) is 17.9. The van der Waals surface area contributed by atoms with Crippen molar-refractivity contribution in [2.75, 3.05) is 5.75 Å². The van der Waals surface area contributed by atoms with Crippen molar-refractivity contribution in [3.05, 3.63) is 71.2 Å². The standard InChI is InChI=1S/C21H23NOS2/c1-20(2,3)21(23,19-13-22-15-25-19)14-24-18-11-9-17(10-12-18)16-7-5-4-6-8-16/h4-13,15,23H,14H2,1-3H3. The molecule has 0 spiro atoms. The maximum Gasteiger partial charge on any atom is 0.114 e. The van der Waals surface area contributed by atoms with Gasteiger partial charge in [-0.15, -0.1) is 23.1 Å². The van der Waals surface area contributed by atoms with Crippen molar-refractivity contribution in [2.45, 2.75) is 31.3 Å². The normalized spacial score (nSPS) is 14.2. The number of rotatable bonds is 5. The summed E-state index contributed by atoms with van der Waals surface area (Å²) in [4.78, 5) is 6.23. The SMILES string of the molecule is CC(C)(C)C(O)(CSc1ccc(-c2ccccc2)cc1)c1cncs1. The van der Waals surface area contributed by atoms with Crippen LogP contribution < -0.4 is 0 Å². The maximum absolute atomic E-state index is 11.4. The maximum atomic E-state index is 11.4. The molecule has 2 nitrogen and oxygen atoms in total. The van der Waals surface area contributed by atoms with Gasteiger partial charge in [-0.05, 0) is 28.7 Å². The van der Waals surface area contributed by atoms with Crippen molar-refractivity contribution in [3.63, 3.8) is 0 Å². The second-order valence-electron chi connectivity index (χ2n) is 7.16. The number of benzene rings is 2. The van der Waals surface area contributed by atoms with Gasteiger partial charge in [-0.3, -0.25) is 4.98 Å². The monoisotopic (exact) mass is 369 g/mol. The van der Waals surface area contributed by atoms with Crippen molar-refractivity contribution in [1.82, 2.24) is 4.98 Å². The average molecular weight is 370 g/mol. The van der Waals surface area contributed by atoms with E-state index in [0.29, 0.717) is 5.75 Å². The first-order valence-electron chi connectivity index (χ1n) is 8.30. The molecule has 2 aromatic carbocycles. The van der Waals surface area contributed by atoms with Crippen molar-refractivity contribution < 1.29 is 5.11 Å². The molecule has 0 amide bonds. The molecule has 1 atom stereocenters. The Morgan fingerprint density at radius 2 is 1.60 bits per heavy atom. The summed E-state index contributed by atoms with van der Waals surface area (Å²) in [6.07, 6.45) is 1.79. The van der Waals surface area contributed by atoms with Crippen LogP contribution in [0, 0.1) is 5.41 Å². The number of thioether (sulfide) groups is 1. The number of hydrogen-bond donors (Lipinski definition) is 1. The Labute approximate surface area is 158 Å². The molecule has 3 rings (SSSR count). The zero-order valence-electron chi connectivity index (χ0n) is 14.8. The van der Waals surface area contributed by atoms with Crippen LogP contribution >= 0.6 is 23.1 Å². The molecule has 3 aromatic rings. The summed E-state index contributed by atoms with van der Waals surface area (Å²) >= 11 is 3.20. The van der Waals surface area contributed by atoms with Gasteiger partial charge in [0.1, 0.15) is 5.60 Å². The van der Waals surface area contributed by atoms with Gasteiger partial charge in [0.05, 0.1) is 10.4 Å². The van der Waals surface area contributed by atoms with E-state index in [1.165, 1.54) is 22.5 Å². The van der Waals surface area contributed by atoms with E-state index in [2.05, 4.69) is 74.3 Å². The number of aliphatic hydroxyl groups is 1. The third kappa shape index (κ3) is 3.97. The van der Waals surface area contributed by atoms with Gasteiger partial charge in [0.2, 0.25) is 0 Å². The van der Waals surface area contributed by atoms with Gasteiger partial charge < -0.3 is 5.11 Å². The minimum atomic E-state index is -0.906. The van der Waals surface area contributed by atoms with Crippen molar-refractivity contribution in [2.24, 2.45) is 5.41 Å². The molecule has 1 N–H and O–H groups in total. The highest BCUT2D eigenvalue weighted by molar-refractivity contribution is 7.99. The molecular weight excluding hydrogens is 346 g/mol. The molecule has 0 saturated heterocycles. The van der Waals surface area contributed by atoms with Crippen molar-refractivity contribution in [3.8, 4) is 11.1 Å². The second-order valence-corrected chi connectivity index (χ2v) is 9.09. The Morgan fingerprint density at radius 3 is 2.16 bits per heavy atom. The van der Waals surface area contributed by atoms with Gasteiger partial charge >= 0.3 is 0 Å². The predicted octanol–water partition coefficient (Wildman–Crippen LogP) is 5.84. The molecule has 0 bridgehead atoms. The van der Waals surface area contributed by atoms with Crippen LogP contribution in [0.4, 0.5) is 0 Å².